The van der Waals surface area contributed by atoms with E-state index < -0.39 is 0 Å². The number of rotatable bonds is 7. The van der Waals surface area contributed by atoms with Gasteiger partial charge >= 0.3 is 0 Å². The van der Waals surface area contributed by atoms with Crippen LogP contribution in [-0.2, 0) is 0 Å². The third kappa shape index (κ3) is 4.15. The number of fused-ring (bicyclic) bond motifs is 1. The third-order valence-corrected chi connectivity index (χ3v) is 5.45. The third-order valence-electron chi connectivity index (χ3n) is 5.45. The predicted octanol–water partition coefficient (Wildman–Crippen LogP) is 3.03. The molecule has 0 aliphatic carbocycles. The molecule has 7 nitrogen and oxygen atoms in total. The summed E-state index contributed by atoms with van der Waals surface area (Å²) in [5.74, 6) is 0.789. The minimum Gasteiger partial charge on any atom is -0.369 e. The van der Waals surface area contributed by atoms with E-state index in [1.54, 1.807) is 0 Å². The topological polar surface area (TPSA) is 70.3 Å². The van der Waals surface area contributed by atoms with E-state index in [1.807, 2.05) is 0 Å². The molecule has 1 saturated heterocycles. The monoisotopic (exact) mass is 380 g/mol. The lowest BCUT2D eigenvalue weighted by Gasteiger charge is -2.33. The zero-order chi connectivity index (χ0) is 19.3. The molecule has 148 valence electrons. The summed E-state index contributed by atoms with van der Waals surface area (Å²) in [6.07, 6.45) is 2.60. The molecule has 0 unspecified atom stereocenters. The van der Waals surface area contributed by atoms with Gasteiger partial charge in [-0.05, 0) is 26.4 Å². The second kappa shape index (κ2) is 8.67. The molecule has 0 saturated carbocycles. The maximum atomic E-state index is 5.44. The van der Waals surface area contributed by atoms with Crippen molar-refractivity contribution in [3.63, 3.8) is 0 Å². The van der Waals surface area contributed by atoms with Gasteiger partial charge in [0.05, 0.1) is 0 Å². The van der Waals surface area contributed by atoms with Gasteiger partial charge in [0.25, 0.3) is 5.71 Å². The number of nitrogens with one attached hydrogen (secondary N) is 1. The normalized spacial score (nSPS) is 15.9. The van der Waals surface area contributed by atoms with Crippen LogP contribution in [0.5, 0.6) is 0 Å². The van der Waals surface area contributed by atoms with E-state index in [2.05, 4.69) is 68.4 Å². The van der Waals surface area contributed by atoms with Crippen molar-refractivity contribution in [3.05, 3.63) is 36.2 Å². The Morgan fingerprint density at radius 3 is 2.54 bits per heavy atom. The number of nitrogens with zero attached hydrogens (tertiary/aromatic N) is 5. The fourth-order valence-electron chi connectivity index (χ4n) is 3.67. The lowest BCUT2D eigenvalue weighted by Crippen LogP contribution is -2.46. The van der Waals surface area contributed by atoms with Gasteiger partial charge in [0.2, 0.25) is 0 Å². The standard InChI is InChI=1S/C21H28N6O/c1-3-26-11-13-27(14-12-26)10-4-9-22-20-18-19(17-7-5-16(2)6-8-17)25-28-21(18)24-15-23-20/h5-8,15H,3-4,9-14H2,1-2H3,(H,22,23,24). The summed E-state index contributed by atoms with van der Waals surface area (Å²) in [6, 6.07) is 8.26. The number of hydrogen-bond donors (Lipinski definition) is 1. The molecule has 7 heteroatoms. The Balaban J connectivity index is 1.40. The first-order valence-corrected chi connectivity index (χ1v) is 10.1. The van der Waals surface area contributed by atoms with Crippen molar-refractivity contribution in [1.82, 2.24) is 24.9 Å². The fraction of sp³-hybridized carbons (Fsp3) is 0.476. The average Bonchev–Trinajstić information content (AvgIpc) is 3.17. The van der Waals surface area contributed by atoms with Gasteiger partial charge in [0.15, 0.2) is 0 Å². The Bertz CT molecular complexity index is 899. The van der Waals surface area contributed by atoms with Crippen LogP contribution in [-0.4, -0.2) is 70.7 Å². The maximum Gasteiger partial charge on any atom is 0.263 e. The largest absolute Gasteiger partial charge is 0.369 e. The first-order chi connectivity index (χ1) is 13.7. The smallest absolute Gasteiger partial charge is 0.263 e. The molecular formula is C21H28N6O. The molecule has 1 aromatic carbocycles. The molecule has 0 atom stereocenters. The second-order valence-corrected chi connectivity index (χ2v) is 7.36. The molecule has 1 N–H and O–H groups in total. The van der Waals surface area contributed by atoms with Gasteiger partial charge in [-0.2, -0.15) is 4.98 Å². The Kier molecular flexibility index (Phi) is 5.83. The van der Waals surface area contributed by atoms with Crippen molar-refractivity contribution in [3.8, 4) is 11.3 Å². The molecule has 4 rings (SSSR count). The van der Waals surface area contributed by atoms with E-state index in [1.165, 1.54) is 25.0 Å². The molecule has 0 spiro atoms. The van der Waals surface area contributed by atoms with E-state index in [0.717, 1.165) is 61.6 Å². The van der Waals surface area contributed by atoms with Crippen LogP contribution in [0.4, 0.5) is 5.82 Å². The quantitative estimate of drug-likeness (QED) is 0.632. The van der Waals surface area contributed by atoms with Crippen LogP contribution < -0.4 is 5.32 Å². The average molecular weight is 380 g/mol. The molecule has 0 amide bonds. The highest BCUT2D eigenvalue weighted by Gasteiger charge is 2.17. The van der Waals surface area contributed by atoms with Crippen molar-refractivity contribution in [2.75, 3.05) is 51.1 Å². The van der Waals surface area contributed by atoms with Gasteiger partial charge in [-0.15, -0.1) is 0 Å². The summed E-state index contributed by atoms with van der Waals surface area (Å²) >= 11 is 0. The number of aromatic nitrogens is 3. The van der Waals surface area contributed by atoms with Crippen LogP contribution >= 0.6 is 0 Å². The van der Waals surface area contributed by atoms with E-state index in [0.29, 0.717) is 5.71 Å². The van der Waals surface area contributed by atoms with Gasteiger partial charge in [0.1, 0.15) is 23.2 Å². The number of benzene rings is 1. The summed E-state index contributed by atoms with van der Waals surface area (Å²) in [6.45, 7) is 12.1. The van der Waals surface area contributed by atoms with Crippen LogP contribution in [0.2, 0.25) is 0 Å². The Morgan fingerprint density at radius 2 is 1.79 bits per heavy atom. The summed E-state index contributed by atoms with van der Waals surface area (Å²) in [7, 11) is 0. The first-order valence-electron chi connectivity index (χ1n) is 10.1. The van der Waals surface area contributed by atoms with E-state index in [9.17, 15) is 0 Å². The predicted molar refractivity (Wildman–Crippen MR) is 111 cm³/mol. The minimum absolute atomic E-state index is 0.517. The highest BCUT2D eigenvalue weighted by Crippen LogP contribution is 2.31. The van der Waals surface area contributed by atoms with Gasteiger partial charge in [-0.1, -0.05) is 41.9 Å². The first kappa shape index (κ1) is 18.8. The van der Waals surface area contributed by atoms with E-state index in [-0.39, 0.29) is 0 Å². The molecular weight excluding hydrogens is 352 g/mol. The molecule has 3 aromatic rings. The van der Waals surface area contributed by atoms with Crippen molar-refractivity contribution in [2.24, 2.45) is 0 Å². The van der Waals surface area contributed by atoms with Crippen molar-refractivity contribution >= 4 is 16.9 Å². The Labute approximate surface area is 165 Å². The number of piperazine rings is 1. The maximum absolute atomic E-state index is 5.44. The number of aryl methyl sites for hydroxylation is 1. The number of anilines is 1. The summed E-state index contributed by atoms with van der Waals surface area (Å²) in [4.78, 5) is 13.7. The molecule has 1 aliphatic heterocycles. The molecule has 2 aromatic heterocycles. The molecule has 28 heavy (non-hydrogen) atoms. The summed E-state index contributed by atoms with van der Waals surface area (Å²) < 4.78 is 5.44. The van der Waals surface area contributed by atoms with Crippen LogP contribution in [0.15, 0.2) is 35.1 Å². The van der Waals surface area contributed by atoms with Gasteiger partial charge in [0, 0.05) is 38.3 Å². The van der Waals surface area contributed by atoms with Crippen LogP contribution in [0.1, 0.15) is 18.9 Å². The van der Waals surface area contributed by atoms with Crippen LogP contribution in [0.3, 0.4) is 0 Å². The molecule has 3 heterocycles. The molecule has 1 fully saturated rings. The highest BCUT2D eigenvalue weighted by molar-refractivity contribution is 5.97. The highest BCUT2D eigenvalue weighted by atomic mass is 16.5. The van der Waals surface area contributed by atoms with E-state index >= 15 is 0 Å². The molecule has 0 radical (unpaired) electrons. The number of hydrogen-bond acceptors (Lipinski definition) is 7. The molecule has 0 bridgehead atoms. The van der Waals surface area contributed by atoms with Crippen molar-refractivity contribution < 1.29 is 4.52 Å². The van der Waals surface area contributed by atoms with E-state index in [4.69, 9.17) is 4.52 Å². The summed E-state index contributed by atoms with van der Waals surface area (Å²) in [5.41, 5.74) is 3.53. The second-order valence-electron chi connectivity index (χ2n) is 7.36. The SMILES string of the molecule is CCN1CCN(CCCNc2ncnc3onc(-c4ccc(C)cc4)c23)CC1. The van der Waals surface area contributed by atoms with Gasteiger partial charge in [-0.3, -0.25) is 0 Å². The van der Waals surface area contributed by atoms with Gasteiger partial charge in [-0.25, -0.2) is 4.98 Å². The Hall–Kier alpha value is -2.51. The van der Waals surface area contributed by atoms with Crippen LogP contribution in [0, 0.1) is 6.92 Å². The minimum atomic E-state index is 0.517. The zero-order valence-electron chi connectivity index (χ0n) is 16.7. The molecule has 1 aliphatic rings. The number of likely N-dealkylation sites (N-methyl/N-ethyl adjacent to an activating group) is 1. The fourth-order valence-corrected chi connectivity index (χ4v) is 3.67. The van der Waals surface area contributed by atoms with Crippen LogP contribution in [0.25, 0.3) is 22.4 Å². The Morgan fingerprint density at radius 1 is 1.04 bits per heavy atom. The summed E-state index contributed by atoms with van der Waals surface area (Å²) in [5, 5.41) is 8.56. The van der Waals surface area contributed by atoms with Gasteiger partial charge < -0.3 is 19.6 Å². The lowest BCUT2D eigenvalue weighted by atomic mass is 10.1. The lowest BCUT2D eigenvalue weighted by molar-refractivity contribution is 0.137. The van der Waals surface area contributed by atoms with Crippen molar-refractivity contribution in [1.29, 1.82) is 0 Å². The zero-order valence-corrected chi connectivity index (χ0v) is 16.7. The van der Waals surface area contributed by atoms with Crippen molar-refractivity contribution in [2.45, 2.75) is 20.3 Å².